The molecule has 1 heterocycles. The first-order valence-corrected chi connectivity index (χ1v) is 3.24. The molecule has 2 N–H and O–H groups in total. The van der Waals surface area contributed by atoms with Crippen LogP contribution in [-0.2, 0) is 4.79 Å². The molecule has 1 aliphatic heterocycles. The van der Waals surface area contributed by atoms with Crippen LogP contribution in [0.15, 0.2) is 0 Å². The molecule has 0 spiro atoms. The van der Waals surface area contributed by atoms with Crippen molar-refractivity contribution in [2.75, 3.05) is 13.1 Å². The molecule has 54 valence electrons. The third-order valence-corrected chi connectivity index (χ3v) is 1.69. The van der Waals surface area contributed by atoms with Crippen molar-refractivity contribution < 1.29 is 9.90 Å². The molecule has 0 bridgehead atoms. The number of hydrogen-bond donors (Lipinski definition) is 2. The summed E-state index contributed by atoms with van der Waals surface area (Å²) in [6.45, 7) is 1.72. The van der Waals surface area contributed by atoms with Gasteiger partial charge in [-0.2, -0.15) is 0 Å². The molecule has 0 saturated carbocycles. The Labute approximate surface area is 103 Å². The van der Waals surface area contributed by atoms with Gasteiger partial charge in [0.2, 0.25) is 0 Å². The molecule has 10 heavy (non-hydrogen) atoms. The molecule has 1 saturated heterocycles. The van der Waals surface area contributed by atoms with Crippen molar-refractivity contribution >= 4 is 57.4 Å². The van der Waals surface area contributed by atoms with Crippen molar-refractivity contribution in [1.82, 2.24) is 5.32 Å². The minimum absolute atomic E-state index is 0. The van der Waals surface area contributed by atoms with Crippen molar-refractivity contribution in [3.8, 4) is 0 Å². The average Bonchev–Trinajstić information content (AvgIpc) is 1.90. The molecule has 0 aromatic heterocycles. The predicted octanol–water partition coefficient (Wildman–Crippen LogP) is -0.578. The van der Waals surface area contributed by atoms with Crippen LogP contribution in [0.5, 0.6) is 0 Å². The Morgan fingerprint density at radius 2 is 1.90 bits per heavy atom. The van der Waals surface area contributed by atoms with Gasteiger partial charge < -0.3 is 10.4 Å². The fourth-order valence-corrected chi connectivity index (χ4v) is 1.07. The Morgan fingerprint density at radius 1 is 1.40 bits per heavy atom. The Kier molecular flexibility index (Phi) is 6.29. The number of carboxylic acid groups (broad SMARTS) is 1. The molecule has 1 aliphatic rings. The fourth-order valence-electron chi connectivity index (χ4n) is 1.07. The zero-order chi connectivity index (χ0) is 6.69. The van der Waals surface area contributed by atoms with Crippen LogP contribution in [0, 0.1) is 5.92 Å². The van der Waals surface area contributed by atoms with E-state index in [9.17, 15) is 4.79 Å². The van der Waals surface area contributed by atoms with Crippen molar-refractivity contribution in [3.05, 3.63) is 0 Å². The molecule has 0 amide bonds. The minimum atomic E-state index is -0.642. The van der Waals surface area contributed by atoms with Crippen LogP contribution in [0.1, 0.15) is 12.8 Å². The van der Waals surface area contributed by atoms with Gasteiger partial charge in [-0.3, -0.25) is 4.79 Å². The standard InChI is InChI=1S/C6H11NO2.K.H/c8-6(9)5-1-3-7-4-2-5;;/h5,7H,1-4H2,(H,8,9);;. The van der Waals surface area contributed by atoms with Gasteiger partial charge in [0, 0.05) is 0 Å². The van der Waals surface area contributed by atoms with Crippen LogP contribution in [0.3, 0.4) is 0 Å². The second-order valence-electron chi connectivity index (χ2n) is 2.36. The topological polar surface area (TPSA) is 49.3 Å². The molecule has 0 atom stereocenters. The second-order valence-corrected chi connectivity index (χ2v) is 2.36. The Balaban J connectivity index is 0.000000810. The summed E-state index contributed by atoms with van der Waals surface area (Å²) in [6, 6.07) is 0. The molecule has 0 aromatic carbocycles. The summed E-state index contributed by atoms with van der Waals surface area (Å²) in [5.74, 6) is -0.734. The first-order valence-electron chi connectivity index (χ1n) is 3.24. The molecule has 0 unspecified atom stereocenters. The summed E-state index contributed by atoms with van der Waals surface area (Å²) in [5.41, 5.74) is 0. The van der Waals surface area contributed by atoms with E-state index in [1.807, 2.05) is 0 Å². The molecular formula is C6H12KNO2. The molecule has 0 aliphatic carbocycles. The van der Waals surface area contributed by atoms with E-state index in [4.69, 9.17) is 5.11 Å². The molecular weight excluding hydrogens is 157 g/mol. The van der Waals surface area contributed by atoms with E-state index in [0.717, 1.165) is 25.9 Å². The van der Waals surface area contributed by atoms with Gasteiger partial charge in [-0.1, -0.05) is 0 Å². The first kappa shape index (κ1) is 11.1. The van der Waals surface area contributed by atoms with Crippen molar-refractivity contribution in [1.29, 1.82) is 0 Å². The van der Waals surface area contributed by atoms with Gasteiger partial charge in [-0.15, -0.1) is 0 Å². The summed E-state index contributed by atoms with van der Waals surface area (Å²) < 4.78 is 0. The van der Waals surface area contributed by atoms with Crippen molar-refractivity contribution in [2.24, 2.45) is 5.92 Å². The maximum absolute atomic E-state index is 10.3. The summed E-state index contributed by atoms with van der Waals surface area (Å²) >= 11 is 0. The van der Waals surface area contributed by atoms with Crippen molar-refractivity contribution in [3.63, 3.8) is 0 Å². The van der Waals surface area contributed by atoms with E-state index in [1.165, 1.54) is 0 Å². The first-order chi connectivity index (χ1) is 4.30. The molecule has 4 heteroatoms. The summed E-state index contributed by atoms with van der Waals surface area (Å²) in [7, 11) is 0. The van der Waals surface area contributed by atoms with Crippen LogP contribution >= 0.6 is 0 Å². The maximum atomic E-state index is 10.3. The summed E-state index contributed by atoms with van der Waals surface area (Å²) in [6.07, 6.45) is 1.57. The van der Waals surface area contributed by atoms with Gasteiger partial charge in [-0.25, -0.2) is 0 Å². The van der Waals surface area contributed by atoms with Crippen LogP contribution in [0.4, 0.5) is 0 Å². The summed E-state index contributed by atoms with van der Waals surface area (Å²) in [4.78, 5) is 10.3. The number of hydrogen-bond acceptors (Lipinski definition) is 2. The Bertz CT molecular complexity index is 112. The molecule has 1 fully saturated rings. The second kappa shape index (κ2) is 5.68. The SMILES string of the molecule is O=C(O)C1CCNCC1.[KH]. The van der Waals surface area contributed by atoms with Gasteiger partial charge in [0.05, 0.1) is 5.92 Å². The number of nitrogens with one attached hydrogen (secondary N) is 1. The van der Waals surface area contributed by atoms with E-state index in [2.05, 4.69) is 5.32 Å². The average molecular weight is 169 g/mol. The van der Waals surface area contributed by atoms with Gasteiger partial charge in [0.1, 0.15) is 0 Å². The van der Waals surface area contributed by atoms with E-state index in [0.29, 0.717) is 0 Å². The Hall–Kier alpha value is 1.07. The van der Waals surface area contributed by atoms with E-state index in [-0.39, 0.29) is 57.3 Å². The van der Waals surface area contributed by atoms with Crippen LogP contribution in [0.25, 0.3) is 0 Å². The van der Waals surface area contributed by atoms with Crippen LogP contribution in [0.2, 0.25) is 0 Å². The van der Waals surface area contributed by atoms with Crippen LogP contribution < -0.4 is 5.32 Å². The molecule has 3 nitrogen and oxygen atoms in total. The predicted molar refractivity (Wildman–Crippen MR) is 40.4 cm³/mol. The zero-order valence-corrected chi connectivity index (χ0v) is 5.26. The number of rotatable bonds is 1. The monoisotopic (exact) mass is 169 g/mol. The quantitative estimate of drug-likeness (QED) is 0.516. The van der Waals surface area contributed by atoms with Crippen LogP contribution in [-0.4, -0.2) is 75.5 Å². The molecule has 0 aromatic rings. The normalized spacial score (nSPS) is 19.6. The van der Waals surface area contributed by atoms with E-state index >= 15 is 0 Å². The van der Waals surface area contributed by atoms with Crippen molar-refractivity contribution in [2.45, 2.75) is 12.8 Å². The number of carbonyl (C=O) groups is 1. The summed E-state index contributed by atoms with van der Waals surface area (Å²) in [5, 5.41) is 11.6. The van der Waals surface area contributed by atoms with Gasteiger partial charge in [0.15, 0.2) is 0 Å². The number of piperidine rings is 1. The number of carboxylic acids is 1. The van der Waals surface area contributed by atoms with E-state index < -0.39 is 5.97 Å². The van der Waals surface area contributed by atoms with E-state index in [1.54, 1.807) is 0 Å². The third-order valence-electron chi connectivity index (χ3n) is 1.69. The zero-order valence-electron chi connectivity index (χ0n) is 5.26. The Morgan fingerprint density at radius 3 is 2.20 bits per heavy atom. The van der Waals surface area contributed by atoms with Gasteiger partial charge in [0.25, 0.3) is 0 Å². The fraction of sp³-hybridized carbons (Fsp3) is 0.833. The molecule has 0 radical (unpaired) electrons. The third kappa shape index (κ3) is 3.46. The number of aliphatic carboxylic acids is 1. The van der Waals surface area contributed by atoms with Gasteiger partial charge >= 0.3 is 57.4 Å². The molecule has 1 rings (SSSR count). The van der Waals surface area contributed by atoms with Gasteiger partial charge in [-0.05, 0) is 25.9 Å².